The third-order valence-corrected chi connectivity index (χ3v) is 7.29. The molecule has 0 aromatic heterocycles. The van der Waals surface area contributed by atoms with E-state index in [0.29, 0.717) is 18.3 Å². The Morgan fingerprint density at radius 3 is 2.62 bits per heavy atom. The highest BCUT2D eigenvalue weighted by atomic mass is 16.1. The summed E-state index contributed by atoms with van der Waals surface area (Å²) in [5.41, 5.74) is 5.86. The molecule has 1 amide bonds. The summed E-state index contributed by atoms with van der Waals surface area (Å²) in [5, 5.41) is 9.57. The van der Waals surface area contributed by atoms with Crippen LogP contribution in [0.5, 0.6) is 0 Å². The maximum absolute atomic E-state index is 12.6. The molecule has 4 aromatic rings. The highest BCUT2D eigenvalue weighted by Crippen LogP contribution is 2.51. The van der Waals surface area contributed by atoms with Crippen molar-refractivity contribution in [2.45, 2.75) is 31.2 Å². The monoisotopic (exact) mass is 444 g/mol. The zero-order valence-corrected chi connectivity index (χ0v) is 19.1. The smallest absolute Gasteiger partial charge is 0.224 e. The summed E-state index contributed by atoms with van der Waals surface area (Å²) >= 11 is 0. The predicted octanol–water partition coefficient (Wildman–Crippen LogP) is 7.24. The maximum Gasteiger partial charge on any atom is 0.224 e. The van der Waals surface area contributed by atoms with Gasteiger partial charge in [-0.3, -0.25) is 4.79 Å². The first-order chi connectivity index (χ1) is 16.8. The molecule has 34 heavy (non-hydrogen) atoms. The number of allylic oxidation sites excluding steroid dienone is 2. The number of carbonyl (C=O) groups is 1. The molecule has 3 unspecified atom stereocenters. The minimum absolute atomic E-state index is 0.0553. The van der Waals surface area contributed by atoms with Crippen LogP contribution in [0.3, 0.4) is 0 Å². The van der Waals surface area contributed by atoms with Gasteiger partial charge in [0.05, 0.1) is 6.04 Å². The Morgan fingerprint density at radius 2 is 1.71 bits per heavy atom. The fourth-order valence-corrected chi connectivity index (χ4v) is 5.63. The molecule has 168 valence electrons. The summed E-state index contributed by atoms with van der Waals surface area (Å²) < 4.78 is 0. The number of hydrogen-bond acceptors (Lipinski definition) is 2. The number of nitrogens with one attached hydrogen (secondary N) is 2. The molecule has 0 saturated heterocycles. The van der Waals surface area contributed by atoms with E-state index in [2.05, 4.69) is 89.5 Å². The topological polar surface area (TPSA) is 41.1 Å². The van der Waals surface area contributed by atoms with Crippen LogP contribution in [-0.2, 0) is 11.2 Å². The van der Waals surface area contributed by atoms with Crippen molar-refractivity contribution in [1.82, 2.24) is 0 Å². The molecule has 1 aliphatic heterocycles. The van der Waals surface area contributed by atoms with E-state index in [1.165, 1.54) is 27.5 Å². The summed E-state index contributed by atoms with van der Waals surface area (Å²) in [6.07, 6.45) is 6.95. The van der Waals surface area contributed by atoms with Crippen LogP contribution in [0.2, 0.25) is 0 Å². The van der Waals surface area contributed by atoms with Crippen LogP contribution in [0, 0.1) is 5.92 Å². The molecule has 0 radical (unpaired) electrons. The lowest BCUT2D eigenvalue weighted by Gasteiger charge is -2.38. The third kappa shape index (κ3) is 3.88. The zero-order valence-electron chi connectivity index (χ0n) is 19.1. The van der Waals surface area contributed by atoms with Gasteiger partial charge in [-0.2, -0.15) is 0 Å². The van der Waals surface area contributed by atoms with Gasteiger partial charge in [-0.05, 0) is 64.4 Å². The van der Waals surface area contributed by atoms with Crippen LogP contribution in [0.1, 0.15) is 41.5 Å². The fourth-order valence-electron chi connectivity index (χ4n) is 5.63. The number of anilines is 2. The van der Waals surface area contributed by atoms with E-state index in [1.807, 2.05) is 24.3 Å². The van der Waals surface area contributed by atoms with E-state index in [-0.39, 0.29) is 11.9 Å². The number of fused-ring (bicyclic) bond motifs is 4. The Hall–Kier alpha value is -3.85. The van der Waals surface area contributed by atoms with Crippen LogP contribution < -0.4 is 10.6 Å². The van der Waals surface area contributed by atoms with Gasteiger partial charge in [-0.1, -0.05) is 84.9 Å². The van der Waals surface area contributed by atoms with Crippen molar-refractivity contribution < 1.29 is 4.79 Å². The molecule has 0 saturated carbocycles. The van der Waals surface area contributed by atoms with Gasteiger partial charge in [-0.15, -0.1) is 0 Å². The average Bonchev–Trinajstić information content (AvgIpc) is 3.38. The van der Waals surface area contributed by atoms with E-state index in [9.17, 15) is 4.79 Å². The minimum Gasteiger partial charge on any atom is -0.378 e. The Kier molecular flexibility index (Phi) is 5.38. The molecule has 1 heterocycles. The van der Waals surface area contributed by atoms with Gasteiger partial charge in [0, 0.05) is 23.7 Å². The van der Waals surface area contributed by atoms with Crippen molar-refractivity contribution in [3.05, 3.63) is 120 Å². The second-order valence-corrected chi connectivity index (χ2v) is 9.38. The van der Waals surface area contributed by atoms with E-state index < -0.39 is 0 Å². The van der Waals surface area contributed by atoms with Gasteiger partial charge < -0.3 is 10.6 Å². The number of amides is 1. The maximum atomic E-state index is 12.6. The molecule has 3 heteroatoms. The first kappa shape index (κ1) is 20.7. The predicted molar refractivity (Wildman–Crippen MR) is 140 cm³/mol. The Morgan fingerprint density at radius 1 is 0.882 bits per heavy atom. The quantitative estimate of drug-likeness (QED) is 0.319. The lowest BCUT2D eigenvalue weighted by atomic mass is 9.76. The number of aryl methyl sites for hydroxylation is 1. The van der Waals surface area contributed by atoms with Gasteiger partial charge in [0.15, 0.2) is 0 Å². The number of hydrogen-bond donors (Lipinski definition) is 2. The van der Waals surface area contributed by atoms with Crippen molar-refractivity contribution >= 4 is 28.1 Å². The SMILES string of the molecule is O=C(CCc1ccccc1)Nc1ccc2c(c1)C1C=CCC1C(c1cccc3ccccc13)N2. The summed E-state index contributed by atoms with van der Waals surface area (Å²) in [6.45, 7) is 0. The Bertz CT molecular complexity index is 1370. The van der Waals surface area contributed by atoms with Gasteiger partial charge in [0.25, 0.3) is 0 Å². The zero-order chi connectivity index (χ0) is 22.9. The van der Waals surface area contributed by atoms with Crippen molar-refractivity contribution in [2.75, 3.05) is 10.6 Å². The molecule has 3 atom stereocenters. The molecule has 2 aliphatic rings. The van der Waals surface area contributed by atoms with Crippen molar-refractivity contribution in [2.24, 2.45) is 5.92 Å². The molecule has 0 fully saturated rings. The molecule has 3 nitrogen and oxygen atoms in total. The average molecular weight is 445 g/mol. The largest absolute Gasteiger partial charge is 0.378 e. The summed E-state index contributed by atoms with van der Waals surface area (Å²) in [7, 11) is 0. The summed E-state index contributed by atoms with van der Waals surface area (Å²) in [4.78, 5) is 12.6. The molecule has 0 bridgehead atoms. The second-order valence-electron chi connectivity index (χ2n) is 9.38. The van der Waals surface area contributed by atoms with Gasteiger partial charge in [0.1, 0.15) is 0 Å². The molecule has 1 aliphatic carbocycles. The molecule has 6 rings (SSSR count). The standard InChI is InChI=1S/C31H28N2O/c34-30(19-16-21-8-2-1-3-9-21)32-23-17-18-29-28(20-23)25-13-7-15-27(25)31(33-29)26-14-6-11-22-10-4-5-12-24(22)26/h1-14,17-18,20,25,27,31,33H,15-16,19H2,(H,32,34). The number of carbonyl (C=O) groups excluding carboxylic acids is 1. The molecular formula is C31H28N2O. The highest BCUT2D eigenvalue weighted by molar-refractivity contribution is 5.91. The van der Waals surface area contributed by atoms with Gasteiger partial charge in [0.2, 0.25) is 5.91 Å². The van der Waals surface area contributed by atoms with Gasteiger partial charge in [-0.25, -0.2) is 0 Å². The van der Waals surface area contributed by atoms with E-state index in [1.54, 1.807) is 0 Å². The van der Waals surface area contributed by atoms with E-state index in [0.717, 1.165) is 24.2 Å². The van der Waals surface area contributed by atoms with Gasteiger partial charge >= 0.3 is 0 Å². The van der Waals surface area contributed by atoms with Crippen LogP contribution in [-0.4, -0.2) is 5.91 Å². The second kappa shape index (κ2) is 8.83. The van der Waals surface area contributed by atoms with Crippen LogP contribution >= 0.6 is 0 Å². The molecule has 0 spiro atoms. The van der Waals surface area contributed by atoms with E-state index in [4.69, 9.17) is 0 Å². The van der Waals surface area contributed by atoms with E-state index >= 15 is 0 Å². The number of benzene rings is 4. The first-order valence-corrected chi connectivity index (χ1v) is 12.1. The van der Waals surface area contributed by atoms with Crippen LogP contribution in [0.25, 0.3) is 10.8 Å². The normalized spacial score (nSPS) is 20.4. The van der Waals surface area contributed by atoms with Crippen LogP contribution in [0.4, 0.5) is 11.4 Å². The van der Waals surface area contributed by atoms with Crippen molar-refractivity contribution in [3.63, 3.8) is 0 Å². The van der Waals surface area contributed by atoms with Crippen LogP contribution in [0.15, 0.2) is 103 Å². The summed E-state index contributed by atoms with van der Waals surface area (Å²) in [5.74, 6) is 0.864. The number of rotatable bonds is 5. The molecule has 2 N–H and O–H groups in total. The fraction of sp³-hybridized carbons (Fsp3) is 0.194. The third-order valence-electron chi connectivity index (χ3n) is 7.29. The Balaban J connectivity index is 1.24. The lowest BCUT2D eigenvalue weighted by molar-refractivity contribution is -0.116. The highest BCUT2D eigenvalue weighted by Gasteiger charge is 2.38. The van der Waals surface area contributed by atoms with Crippen molar-refractivity contribution in [3.8, 4) is 0 Å². The van der Waals surface area contributed by atoms with Crippen molar-refractivity contribution in [1.29, 1.82) is 0 Å². The Labute approximate surface area is 200 Å². The molecule has 4 aromatic carbocycles. The molecular weight excluding hydrogens is 416 g/mol. The first-order valence-electron chi connectivity index (χ1n) is 12.1. The minimum atomic E-state index is 0.0553. The lowest BCUT2D eigenvalue weighted by Crippen LogP contribution is -2.29. The summed E-state index contributed by atoms with van der Waals surface area (Å²) in [6, 6.07) is 32.0.